The molecule has 0 spiro atoms. The molecule has 0 atom stereocenters. The highest BCUT2D eigenvalue weighted by Gasteiger charge is 2.27. The zero-order chi connectivity index (χ0) is 13.9. The molecule has 1 rings (SSSR count). The van der Waals surface area contributed by atoms with Crippen LogP contribution in [0.2, 0.25) is 5.02 Å². The zero-order valence-electron chi connectivity index (χ0n) is 9.87. The summed E-state index contributed by atoms with van der Waals surface area (Å²) in [5, 5.41) is 14.1. The Labute approximate surface area is 108 Å². The van der Waals surface area contributed by atoms with Crippen LogP contribution in [0.1, 0.15) is 24.2 Å². The average molecular weight is 274 g/mol. The van der Waals surface area contributed by atoms with E-state index in [1.807, 2.05) is 0 Å². The van der Waals surface area contributed by atoms with Crippen molar-refractivity contribution in [3.05, 3.63) is 34.6 Å². The fourth-order valence-electron chi connectivity index (χ4n) is 1.21. The van der Waals surface area contributed by atoms with Gasteiger partial charge in [-0.2, -0.15) is 0 Å². The normalized spacial score (nSPS) is 12.3. The topological polar surface area (TPSA) is 87.7 Å². The van der Waals surface area contributed by atoms with Gasteiger partial charge in [-0.1, -0.05) is 16.8 Å². The number of nitrogens with one attached hydrogen (secondary N) is 1. The lowest BCUT2D eigenvalue weighted by Crippen LogP contribution is -2.53. The minimum Gasteiger partial charge on any atom is -0.409 e. The van der Waals surface area contributed by atoms with Crippen LogP contribution in [0.4, 0.5) is 4.39 Å². The lowest BCUT2D eigenvalue weighted by atomic mass is 10.0. The number of amidine groups is 1. The summed E-state index contributed by atoms with van der Waals surface area (Å²) in [5.74, 6) is -1.60. The van der Waals surface area contributed by atoms with Crippen molar-refractivity contribution in [2.45, 2.75) is 19.4 Å². The van der Waals surface area contributed by atoms with Gasteiger partial charge < -0.3 is 16.3 Å². The first-order valence-corrected chi connectivity index (χ1v) is 5.41. The summed E-state index contributed by atoms with van der Waals surface area (Å²) in [6, 6.07) is 3.63. The van der Waals surface area contributed by atoms with Crippen LogP contribution in [0.5, 0.6) is 0 Å². The largest absolute Gasteiger partial charge is 0.409 e. The molecule has 0 saturated heterocycles. The Morgan fingerprint density at radius 1 is 1.56 bits per heavy atom. The molecule has 7 heteroatoms. The van der Waals surface area contributed by atoms with E-state index in [9.17, 15) is 9.18 Å². The molecule has 0 saturated carbocycles. The summed E-state index contributed by atoms with van der Waals surface area (Å²) in [5.41, 5.74) is 4.09. The Morgan fingerprint density at radius 3 is 2.72 bits per heavy atom. The van der Waals surface area contributed by atoms with Gasteiger partial charge in [-0.15, -0.1) is 0 Å². The predicted octanol–water partition coefficient (Wildman–Crippen LogP) is 1.73. The quantitative estimate of drug-likeness (QED) is 0.339. The molecule has 0 fully saturated rings. The van der Waals surface area contributed by atoms with Gasteiger partial charge in [0.1, 0.15) is 5.82 Å². The lowest BCUT2D eigenvalue weighted by molar-refractivity contribution is 0.0926. The Morgan fingerprint density at radius 2 is 2.17 bits per heavy atom. The molecule has 4 N–H and O–H groups in total. The van der Waals surface area contributed by atoms with E-state index in [0.717, 1.165) is 6.07 Å². The number of carbonyl (C=O) groups excluding carboxylic acids is 1. The monoisotopic (exact) mass is 273 g/mol. The summed E-state index contributed by atoms with van der Waals surface area (Å²) in [7, 11) is 0. The molecule has 0 bridgehead atoms. The molecular weight excluding hydrogens is 261 g/mol. The van der Waals surface area contributed by atoms with Crippen LogP contribution in [0.15, 0.2) is 23.4 Å². The van der Waals surface area contributed by atoms with Crippen LogP contribution in [-0.4, -0.2) is 22.5 Å². The highest BCUT2D eigenvalue weighted by Crippen LogP contribution is 2.16. The average Bonchev–Trinajstić information content (AvgIpc) is 2.30. The fourth-order valence-corrected chi connectivity index (χ4v) is 1.38. The molecule has 0 unspecified atom stereocenters. The van der Waals surface area contributed by atoms with Crippen molar-refractivity contribution >= 4 is 23.3 Å². The maximum Gasteiger partial charge on any atom is 0.255 e. The van der Waals surface area contributed by atoms with Gasteiger partial charge in [-0.05, 0) is 32.0 Å². The number of benzene rings is 1. The number of carbonyl (C=O) groups is 1. The maximum atomic E-state index is 13.4. The second-order valence-electron chi connectivity index (χ2n) is 4.19. The zero-order valence-corrected chi connectivity index (χ0v) is 10.6. The summed E-state index contributed by atoms with van der Waals surface area (Å²) < 4.78 is 13.4. The first kappa shape index (κ1) is 14.2. The molecular formula is C11H13ClFN3O2. The molecule has 0 radical (unpaired) electrons. The van der Waals surface area contributed by atoms with Gasteiger partial charge in [0.15, 0.2) is 5.84 Å². The minimum atomic E-state index is -1.11. The lowest BCUT2D eigenvalue weighted by Gasteiger charge is -2.24. The number of nitrogens with zero attached hydrogens (tertiary/aromatic N) is 1. The first-order valence-electron chi connectivity index (χ1n) is 5.03. The SMILES string of the molecule is CC(C)(NC(=O)c1cc(Cl)ccc1F)/C(N)=N/O. The predicted molar refractivity (Wildman–Crippen MR) is 66.4 cm³/mol. The maximum absolute atomic E-state index is 13.4. The second-order valence-corrected chi connectivity index (χ2v) is 4.62. The van der Waals surface area contributed by atoms with Crippen LogP contribution in [0, 0.1) is 5.82 Å². The molecule has 0 aliphatic carbocycles. The standard InChI is InChI=1S/C11H13ClFN3O2/c1-11(2,10(14)16-18)15-9(17)7-5-6(12)3-4-8(7)13/h3-5,18H,1-2H3,(H2,14,16)(H,15,17). The third-order valence-corrected chi connectivity index (χ3v) is 2.58. The van der Waals surface area contributed by atoms with Gasteiger partial charge in [0, 0.05) is 5.02 Å². The highest BCUT2D eigenvalue weighted by molar-refractivity contribution is 6.31. The number of oxime groups is 1. The van der Waals surface area contributed by atoms with E-state index >= 15 is 0 Å². The molecule has 5 nitrogen and oxygen atoms in total. The summed E-state index contributed by atoms with van der Waals surface area (Å²) in [6.45, 7) is 3.03. The van der Waals surface area contributed by atoms with Crippen molar-refractivity contribution in [2.24, 2.45) is 10.9 Å². The third kappa shape index (κ3) is 3.10. The minimum absolute atomic E-state index is 0.196. The summed E-state index contributed by atoms with van der Waals surface area (Å²) >= 11 is 5.69. The summed E-state index contributed by atoms with van der Waals surface area (Å²) in [6.07, 6.45) is 0. The molecule has 0 aromatic heterocycles. The number of amides is 1. The van der Waals surface area contributed by atoms with Gasteiger partial charge >= 0.3 is 0 Å². The first-order chi connectivity index (χ1) is 8.27. The van der Waals surface area contributed by atoms with Crippen molar-refractivity contribution in [2.75, 3.05) is 0 Å². The summed E-state index contributed by atoms with van der Waals surface area (Å²) in [4.78, 5) is 11.9. The number of rotatable bonds is 3. The third-order valence-electron chi connectivity index (χ3n) is 2.35. The van der Waals surface area contributed by atoms with E-state index in [4.69, 9.17) is 22.5 Å². The van der Waals surface area contributed by atoms with Crippen LogP contribution in [0.3, 0.4) is 0 Å². The van der Waals surface area contributed by atoms with Crippen molar-refractivity contribution in [3.63, 3.8) is 0 Å². The molecule has 98 valence electrons. The fraction of sp³-hybridized carbons (Fsp3) is 0.273. The highest BCUT2D eigenvalue weighted by atomic mass is 35.5. The van der Waals surface area contributed by atoms with Crippen molar-refractivity contribution in [1.29, 1.82) is 0 Å². The molecule has 1 aromatic carbocycles. The number of nitrogens with two attached hydrogens (primary N) is 1. The Bertz CT molecular complexity index is 503. The van der Waals surface area contributed by atoms with Crippen LogP contribution >= 0.6 is 11.6 Å². The Kier molecular flexibility index (Phi) is 4.13. The second kappa shape index (κ2) is 5.22. The van der Waals surface area contributed by atoms with E-state index < -0.39 is 17.3 Å². The van der Waals surface area contributed by atoms with E-state index in [2.05, 4.69) is 10.5 Å². The molecule has 18 heavy (non-hydrogen) atoms. The number of hydrogen-bond donors (Lipinski definition) is 3. The van der Waals surface area contributed by atoms with Crippen molar-refractivity contribution in [1.82, 2.24) is 5.32 Å². The van der Waals surface area contributed by atoms with E-state index in [0.29, 0.717) is 0 Å². The number of halogens is 2. The molecule has 1 aromatic rings. The van der Waals surface area contributed by atoms with E-state index in [-0.39, 0.29) is 16.4 Å². The molecule has 0 aliphatic heterocycles. The van der Waals surface area contributed by atoms with Gasteiger partial charge in [0.25, 0.3) is 5.91 Å². The Hall–Kier alpha value is -1.82. The van der Waals surface area contributed by atoms with E-state index in [1.54, 1.807) is 0 Å². The van der Waals surface area contributed by atoms with Crippen LogP contribution in [0.25, 0.3) is 0 Å². The molecule has 1 amide bonds. The van der Waals surface area contributed by atoms with Crippen LogP contribution < -0.4 is 11.1 Å². The van der Waals surface area contributed by atoms with Gasteiger partial charge in [-0.3, -0.25) is 4.79 Å². The van der Waals surface area contributed by atoms with E-state index in [1.165, 1.54) is 26.0 Å². The van der Waals surface area contributed by atoms with Gasteiger partial charge in [0.2, 0.25) is 0 Å². The van der Waals surface area contributed by atoms with Gasteiger partial charge in [0.05, 0.1) is 11.1 Å². The van der Waals surface area contributed by atoms with Gasteiger partial charge in [-0.25, -0.2) is 4.39 Å². The molecule has 0 aliphatic rings. The molecule has 0 heterocycles. The van der Waals surface area contributed by atoms with Crippen LogP contribution in [-0.2, 0) is 0 Å². The van der Waals surface area contributed by atoms with Crippen molar-refractivity contribution in [3.8, 4) is 0 Å². The number of hydrogen-bond acceptors (Lipinski definition) is 3. The van der Waals surface area contributed by atoms with Crippen molar-refractivity contribution < 1.29 is 14.4 Å². The Balaban J connectivity index is 2.99. The smallest absolute Gasteiger partial charge is 0.255 e.